The zero-order valence-electron chi connectivity index (χ0n) is 9.54. The maximum absolute atomic E-state index is 12.0. The van der Waals surface area contributed by atoms with E-state index in [-0.39, 0.29) is 10.8 Å². The largest absolute Gasteiger partial charge is 0.326 e. The molecule has 7 heteroatoms. The summed E-state index contributed by atoms with van der Waals surface area (Å²) in [5.74, 6) is 0. The van der Waals surface area contributed by atoms with Gasteiger partial charge in [0.15, 0.2) is 0 Å². The molecule has 18 heavy (non-hydrogen) atoms. The Balaban J connectivity index is 2.08. The number of rotatable bonds is 5. The molecule has 0 spiro atoms. The fourth-order valence-corrected chi connectivity index (χ4v) is 3.64. The number of nitrogens with one attached hydrogen (secondary N) is 1. The van der Waals surface area contributed by atoms with Crippen molar-refractivity contribution < 1.29 is 8.42 Å². The number of hydrogen-bond acceptors (Lipinski definition) is 5. The van der Waals surface area contributed by atoms with E-state index in [1.807, 2.05) is 6.07 Å². The summed E-state index contributed by atoms with van der Waals surface area (Å²) in [4.78, 5) is 3.93. The first-order valence-corrected chi connectivity index (χ1v) is 7.64. The third kappa shape index (κ3) is 3.14. The van der Waals surface area contributed by atoms with Gasteiger partial charge in [-0.25, -0.2) is 13.1 Å². The van der Waals surface area contributed by atoms with E-state index in [0.717, 1.165) is 11.1 Å². The van der Waals surface area contributed by atoms with Crippen LogP contribution >= 0.6 is 11.3 Å². The second-order valence-electron chi connectivity index (χ2n) is 3.66. The van der Waals surface area contributed by atoms with Gasteiger partial charge in [-0.15, -0.1) is 11.3 Å². The Morgan fingerprint density at radius 1 is 1.39 bits per heavy atom. The predicted molar refractivity (Wildman–Crippen MR) is 70.5 cm³/mol. The Bertz CT molecular complexity index is 608. The summed E-state index contributed by atoms with van der Waals surface area (Å²) in [7, 11) is -3.46. The van der Waals surface area contributed by atoms with Crippen LogP contribution in [-0.2, 0) is 23.1 Å². The van der Waals surface area contributed by atoms with Crippen molar-refractivity contribution in [3.05, 3.63) is 47.1 Å². The van der Waals surface area contributed by atoms with Gasteiger partial charge in [-0.2, -0.15) is 0 Å². The lowest BCUT2D eigenvalue weighted by molar-refractivity contribution is 0.583. The van der Waals surface area contributed by atoms with Crippen molar-refractivity contribution in [3.63, 3.8) is 0 Å². The molecule has 2 aromatic heterocycles. The fourth-order valence-electron chi connectivity index (χ4n) is 1.35. The molecular weight excluding hydrogens is 270 g/mol. The quantitative estimate of drug-likeness (QED) is 0.860. The number of hydrogen-bond donors (Lipinski definition) is 2. The lowest BCUT2D eigenvalue weighted by Gasteiger charge is -2.04. The van der Waals surface area contributed by atoms with Crippen LogP contribution in [0.1, 0.15) is 11.1 Å². The Hall–Kier alpha value is -1.28. The van der Waals surface area contributed by atoms with E-state index in [0.29, 0.717) is 6.54 Å². The lowest BCUT2D eigenvalue weighted by atomic mass is 10.3. The number of sulfonamides is 1. The van der Waals surface area contributed by atoms with E-state index in [4.69, 9.17) is 5.73 Å². The van der Waals surface area contributed by atoms with E-state index < -0.39 is 10.0 Å². The first-order valence-electron chi connectivity index (χ1n) is 5.28. The lowest BCUT2D eigenvalue weighted by Crippen LogP contribution is -2.22. The average molecular weight is 283 g/mol. The SMILES string of the molecule is NCc1csc(S(=O)(=O)NCc2cccnc2)c1. The van der Waals surface area contributed by atoms with Crippen LogP contribution in [0.15, 0.2) is 40.2 Å². The van der Waals surface area contributed by atoms with Gasteiger partial charge >= 0.3 is 0 Å². The molecule has 0 aromatic carbocycles. The number of aromatic nitrogens is 1. The predicted octanol–water partition coefficient (Wildman–Crippen LogP) is 1.08. The molecule has 0 saturated heterocycles. The minimum atomic E-state index is -3.46. The summed E-state index contributed by atoms with van der Waals surface area (Å²) in [6.45, 7) is 0.570. The smallest absolute Gasteiger partial charge is 0.250 e. The molecule has 0 saturated carbocycles. The molecule has 0 radical (unpaired) electrons. The van der Waals surface area contributed by atoms with E-state index >= 15 is 0 Å². The summed E-state index contributed by atoms with van der Waals surface area (Å²) in [6.07, 6.45) is 3.27. The van der Waals surface area contributed by atoms with Gasteiger partial charge in [-0.05, 0) is 28.6 Å². The second-order valence-corrected chi connectivity index (χ2v) is 6.57. The van der Waals surface area contributed by atoms with Crippen LogP contribution in [0, 0.1) is 0 Å². The van der Waals surface area contributed by atoms with Crippen molar-refractivity contribution in [1.82, 2.24) is 9.71 Å². The molecule has 0 bridgehead atoms. The van der Waals surface area contributed by atoms with Gasteiger partial charge in [0.1, 0.15) is 4.21 Å². The van der Waals surface area contributed by atoms with Crippen LogP contribution in [0.4, 0.5) is 0 Å². The monoisotopic (exact) mass is 283 g/mol. The number of nitrogens with two attached hydrogens (primary N) is 1. The Kier molecular flexibility index (Phi) is 4.07. The molecule has 0 unspecified atom stereocenters. The molecule has 2 aromatic rings. The van der Waals surface area contributed by atoms with Crippen molar-refractivity contribution >= 4 is 21.4 Å². The zero-order valence-corrected chi connectivity index (χ0v) is 11.2. The molecular formula is C11H13N3O2S2. The second kappa shape index (κ2) is 5.57. The van der Waals surface area contributed by atoms with E-state index in [9.17, 15) is 8.42 Å². The molecule has 2 rings (SSSR count). The average Bonchev–Trinajstić information content (AvgIpc) is 2.87. The van der Waals surface area contributed by atoms with E-state index in [1.165, 1.54) is 11.3 Å². The first kappa shape index (κ1) is 13.2. The van der Waals surface area contributed by atoms with Gasteiger partial charge in [-0.3, -0.25) is 4.98 Å². The molecule has 0 atom stereocenters. The molecule has 0 aliphatic carbocycles. The van der Waals surface area contributed by atoms with Gasteiger partial charge < -0.3 is 5.73 Å². The number of pyridine rings is 1. The minimum Gasteiger partial charge on any atom is -0.326 e. The normalized spacial score (nSPS) is 11.6. The van der Waals surface area contributed by atoms with Gasteiger partial charge in [0.2, 0.25) is 10.0 Å². The first-order chi connectivity index (χ1) is 8.62. The van der Waals surface area contributed by atoms with E-state index in [1.54, 1.807) is 29.9 Å². The maximum atomic E-state index is 12.0. The van der Waals surface area contributed by atoms with Crippen molar-refractivity contribution in [2.24, 2.45) is 5.73 Å². The van der Waals surface area contributed by atoms with Crippen molar-refractivity contribution in [2.45, 2.75) is 17.3 Å². The maximum Gasteiger partial charge on any atom is 0.250 e. The molecule has 96 valence electrons. The fraction of sp³-hybridized carbons (Fsp3) is 0.182. The minimum absolute atomic E-state index is 0.228. The molecule has 2 heterocycles. The highest BCUT2D eigenvalue weighted by atomic mass is 32.2. The molecule has 5 nitrogen and oxygen atoms in total. The Morgan fingerprint density at radius 2 is 2.22 bits per heavy atom. The van der Waals surface area contributed by atoms with Crippen molar-refractivity contribution in [2.75, 3.05) is 0 Å². The summed E-state index contributed by atoms with van der Waals surface area (Å²) in [5, 5.41) is 1.75. The standard InChI is InChI=1S/C11H13N3O2S2/c12-5-10-4-11(17-8-10)18(15,16)14-7-9-2-1-3-13-6-9/h1-4,6,8,14H,5,7,12H2. The molecule has 0 aliphatic heterocycles. The number of nitrogens with zero attached hydrogens (tertiary/aromatic N) is 1. The molecule has 0 aliphatic rings. The highest BCUT2D eigenvalue weighted by molar-refractivity contribution is 7.91. The zero-order chi connectivity index (χ0) is 13.0. The Labute approximate surface area is 110 Å². The van der Waals surface area contributed by atoms with Crippen LogP contribution in [0.5, 0.6) is 0 Å². The van der Waals surface area contributed by atoms with Gasteiger partial charge in [-0.1, -0.05) is 6.07 Å². The van der Waals surface area contributed by atoms with Crippen molar-refractivity contribution in [1.29, 1.82) is 0 Å². The van der Waals surface area contributed by atoms with Crippen LogP contribution < -0.4 is 10.5 Å². The van der Waals surface area contributed by atoms with Gasteiger partial charge in [0.25, 0.3) is 0 Å². The molecule has 3 N–H and O–H groups in total. The molecule has 0 amide bonds. The Morgan fingerprint density at radius 3 is 2.83 bits per heavy atom. The van der Waals surface area contributed by atoms with Crippen molar-refractivity contribution in [3.8, 4) is 0 Å². The summed E-state index contributed by atoms with van der Waals surface area (Å²) >= 11 is 1.17. The highest BCUT2D eigenvalue weighted by Gasteiger charge is 2.16. The summed E-state index contributed by atoms with van der Waals surface area (Å²) in [6, 6.07) is 5.17. The summed E-state index contributed by atoms with van der Waals surface area (Å²) < 4.78 is 26.8. The van der Waals surface area contributed by atoms with Crippen LogP contribution in [0.25, 0.3) is 0 Å². The van der Waals surface area contributed by atoms with Crippen LogP contribution in [-0.4, -0.2) is 13.4 Å². The summed E-state index contributed by atoms with van der Waals surface area (Å²) in [5.41, 5.74) is 7.09. The third-order valence-corrected chi connectivity index (χ3v) is 5.21. The number of thiophene rings is 1. The van der Waals surface area contributed by atoms with Gasteiger partial charge in [0.05, 0.1) is 0 Å². The van der Waals surface area contributed by atoms with Crippen LogP contribution in [0.2, 0.25) is 0 Å². The highest BCUT2D eigenvalue weighted by Crippen LogP contribution is 2.19. The molecule has 0 fully saturated rings. The van der Waals surface area contributed by atoms with Crippen LogP contribution in [0.3, 0.4) is 0 Å². The third-order valence-electron chi connectivity index (χ3n) is 2.32. The topological polar surface area (TPSA) is 85.1 Å². The van der Waals surface area contributed by atoms with Gasteiger partial charge in [0, 0.05) is 25.5 Å². The van der Waals surface area contributed by atoms with E-state index in [2.05, 4.69) is 9.71 Å².